The fourth-order valence-electron chi connectivity index (χ4n) is 5.03. The molecule has 6 heteroatoms. The topological polar surface area (TPSA) is 77.8 Å². The highest BCUT2D eigenvalue weighted by molar-refractivity contribution is 6.09. The van der Waals surface area contributed by atoms with E-state index >= 15 is 0 Å². The molecule has 5 rings (SSSR count). The van der Waals surface area contributed by atoms with Crippen LogP contribution in [-0.4, -0.2) is 30.8 Å². The molecular formula is C35H35NO5. The molecule has 210 valence electrons. The van der Waals surface area contributed by atoms with E-state index in [9.17, 15) is 9.59 Å². The number of benzene rings is 4. The summed E-state index contributed by atoms with van der Waals surface area (Å²) in [6, 6.07) is 30.6. The van der Waals surface area contributed by atoms with Crippen LogP contribution in [0.15, 0.2) is 95.4 Å². The predicted molar refractivity (Wildman–Crippen MR) is 163 cm³/mol. The molecule has 4 aromatic carbocycles. The van der Waals surface area contributed by atoms with Gasteiger partial charge in [-0.3, -0.25) is 0 Å². The molecule has 1 N–H and O–H groups in total. The molecule has 1 unspecified atom stereocenters. The van der Waals surface area contributed by atoms with Crippen LogP contribution in [0.2, 0.25) is 0 Å². The van der Waals surface area contributed by atoms with Gasteiger partial charge in [-0.2, -0.15) is 0 Å². The second kappa shape index (κ2) is 11.9. The van der Waals surface area contributed by atoms with Crippen LogP contribution in [0, 0.1) is 0 Å². The molecule has 0 spiro atoms. The average molecular weight is 550 g/mol. The van der Waals surface area contributed by atoms with Crippen molar-refractivity contribution >= 4 is 34.0 Å². The van der Waals surface area contributed by atoms with Gasteiger partial charge in [0, 0.05) is 16.3 Å². The van der Waals surface area contributed by atoms with Crippen LogP contribution in [0.1, 0.15) is 39.2 Å². The molecule has 0 aliphatic carbocycles. The SMILES string of the molecule is COC(=O)C(CCCc1ccc(-c2ccc(-c3cccc4c3oc3ccccc34)cc2)cc1)NC(=O)OC(C)(C)C. The Morgan fingerprint density at radius 3 is 2.12 bits per heavy atom. The van der Waals surface area contributed by atoms with E-state index in [1.54, 1.807) is 20.8 Å². The first kappa shape index (κ1) is 28.0. The Kier molecular flexibility index (Phi) is 8.11. The number of ether oxygens (including phenoxy) is 2. The van der Waals surface area contributed by atoms with Crippen molar-refractivity contribution in [1.82, 2.24) is 5.32 Å². The van der Waals surface area contributed by atoms with Crippen molar-refractivity contribution < 1.29 is 23.5 Å². The molecule has 1 heterocycles. The van der Waals surface area contributed by atoms with Crippen LogP contribution in [-0.2, 0) is 20.7 Å². The van der Waals surface area contributed by atoms with Crippen molar-refractivity contribution in [2.24, 2.45) is 0 Å². The van der Waals surface area contributed by atoms with Gasteiger partial charge in [0.2, 0.25) is 0 Å². The second-order valence-corrected chi connectivity index (χ2v) is 11.2. The molecule has 0 radical (unpaired) electrons. The Morgan fingerprint density at radius 1 is 0.805 bits per heavy atom. The lowest BCUT2D eigenvalue weighted by molar-refractivity contribution is -0.143. The van der Waals surface area contributed by atoms with Gasteiger partial charge in [0.25, 0.3) is 0 Å². The monoisotopic (exact) mass is 549 g/mol. The van der Waals surface area contributed by atoms with Gasteiger partial charge in [-0.25, -0.2) is 9.59 Å². The summed E-state index contributed by atoms with van der Waals surface area (Å²) >= 11 is 0. The first-order chi connectivity index (χ1) is 19.7. The van der Waals surface area contributed by atoms with E-state index in [-0.39, 0.29) is 0 Å². The molecule has 0 aliphatic heterocycles. The largest absolute Gasteiger partial charge is 0.467 e. The van der Waals surface area contributed by atoms with Crippen LogP contribution >= 0.6 is 0 Å². The molecule has 0 bridgehead atoms. The standard InChI is InChI=1S/C35H35NO5/c1-35(2,3)41-34(38)36-30(33(37)39-4)13-7-9-23-15-17-24(18-16-23)25-19-21-26(22-20-25)27-11-8-12-29-28-10-5-6-14-31(28)40-32(27)29/h5-6,8,10-12,14-22,30H,7,9,13H2,1-4H3,(H,36,38). The molecule has 0 saturated carbocycles. The lowest BCUT2D eigenvalue weighted by Crippen LogP contribution is -2.44. The number of fused-ring (bicyclic) bond motifs is 3. The zero-order chi connectivity index (χ0) is 29.0. The maximum atomic E-state index is 12.2. The molecule has 6 nitrogen and oxygen atoms in total. The van der Waals surface area contributed by atoms with E-state index in [1.807, 2.05) is 18.2 Å². The zero-order valence-electron chi connectivity index (χ0n) is 23.9. The van der Waals surface area contributed by atoms with Crippen molar-refractivity contribution in [3.63, 3.8) is 0 Å². The summed E-state index contributed by atoms with van der Waals surface area (Å²) in [5.74, 6) is -0.480. The highest BCUT2D eigenvalue weighted by Crippen LogP contribution is 2.36. The van der Waals surface area contributed by atoms with E-state index in [0.29, 0.717) is 12.8 Å². The van der Waals surface area contributed by atoms with Crippen LogP contribution in [0.4, 0.5) is 4.79 Å². The molecule has 1 aromatic heterocycles. The van der Waals surface area contributed by atoms with Crippen molar-refractivity contribution in [1.29, 1.82) is 0 Å². The van der Waals surface area contributed by atoms with E-state index in [1.165, 1.54) is 7.11 Å². The molecule has 5 aromatic rings. The summed E-state index contributed by atoms with van der Waals surface area (Å²) < 4.78 is 16.4. The third-order valence-electron chi connectivity index (χ3n) is 7.02. The number of carbonyl (C=O) groups is 2. The van der Waals surface area contributed by atoms with E-state index in [2.05, 4.69) is 78.1 Å². The van der Waals surface area contributed by atoms with Gasteiger partial charge in [-0.15, -0.1) is 0 Å². The van der Waals surface area contributed by atoms with Gasteiger partial charge in [0.05, 0.1) is 7.11 Å². The van der Waals surface area contributed by atoms with Crippen molar-refractivity contribution in [2.45, 2.75) is 51.7 Å². The van der Waals surface area contributed by atoms with Gasteiger partial charge >= 0.3 is 12.1 Å². The fourth-order valence-corrected chi connectivity index (χ4v) is 5.03. The van der Waals surface area contributed by atoms with Gasteiger partial charge in [-0.1, -0.05) is 84.9 Å². The summed E-state index contributed by atoms with van der Waals surface area (Å²) in [6.45, 7) is 5.33. The number of para-hydroxylation sites is 2. The Bertz CT molecular complexity index is 1660. The van der Waals surface area contributed by atoms with Crippen LogP contribution < -0.4 is 5.32 Å². The Balaban J connectivity index is 1.23. The number of methoxy groups -OCH3 is 1. The highest BCUT2D eigenvalue weighted by atomic mass is 16.6. The summed E-state index contributed by atoms with van der Waals surface area (Å²) in [7, 11) is 1.32. The molecule has 1 amide bonds. The maximum Gasteiger partial charge on any atom is 0.408 e. The molecule has 0 aliphatic rings. The van der Waals surface area contributed by atoms with Crippen LogP contribution in [0.5, 0.6) is 0 Å². The number of aryl methyl sites for hydroxylation is 1. The highest BCUT2D eigenvalue weighted by Gasteiger charge is 2.24. The minimum atomic E-state index is -0.752. The third-order valence-corrected chi connectivity index (χ3v) is 7.02. The Morgan fingerprint density at radius 2 is 1.44 bits per heavy atom. The van der Waals surface area contributed by atoms with Gasteiger partial charge in [0.1, 0.15) is 22.8 Å². The summed E-state index contributed by atoms with van der Waals surface area (Å²) in [4.78, 5) is 24.3. The molecule has 0 fully saturated rings. The predicted octanol–water partition coefficient (Wildman–Crippen LogP) is 8.31. The summed E-state index contributed by atoms with van der Waals surface area (Å²) in [5, 5.41) is 4.88. The maximum absolute atomic E-state index is 12.2. The first-order valence-corrected chi connectivity index (χ1v) is 13.9. The quantitative estimate of drug-likeness (QED) is 0.197. The molecule has 41 heavy (non-hydrogen) atoms. The lowest BCUT2D eigenvalue weighted by atomic mass is 9.97. The molecule has 1 atom stereocenters. The van der Waals surface area contributed by atoms with Gasteiger partial charge in [0.15, 0.2) is 0 Å². The number of hydrogen-bond donors (Lipinski definition) is 1. The fraction of sp³-hybridized carbons (Fsp3) is 0.257. The number of hydrogen-bond acceptors (Lipinski definition) is 5. The Hall–Kier alpha value is -4.58. The van der Waals surface area contributed by atoms with Crippen LogP contribution in [0.3, 0.4) is 0 Å². The minimum Gasteiger partial charge on any atom is -0.467 e. The van der Waals surface area contributed by atoms with Gasteiger partial charge in [-0.05, 0) is 68.4 Å². The molecular weight excluding hydrogens is 514 g/mol. The van der Waals surface area contributed by atoms with E-state index in [4.69, 9.17) is 13.9 Å². The number of furan rings is 1. The minimum absolute atomic E-state index is 0.452. The average Bonchev–Trinajstić information content (AvgIpc) is 3.35. The lowest BCUT2D eigenvalue weighted by Gasteiger charge is -2.22. The van der Waals surface area contributed by atoms with Crippen molar-refractivity contribution in [2.75, 3.05) is 7.11 Å². The molecule has 0 saturated heterocycles. The number of rotatable bonds is 8. The van der Waals surface area contributed by atoms with E-state index in [0.717, 1.165) is 56.2 Å². The third kappa shape index (κ3) is 6.60. The number of esters is 1. The van der Waals surface area contributed by atoms with Crippen molar-refractivity contribution in [3.05, 3.63) is 96.6 Å². The van der Waals surface area contributed by atoms with Crippen molar-refractivity contribution in [3.8, 4) is 22.3 Å². The first-order valence-electron chi connectivity index (χ1n) is 13.9. The summed E-state index contributed by atoms with van der Waals surface area (Å²) in [5.41, 5.74) is 6.75. The normalized spacial score (nSPS) is 12.3. The van der Waals surface area contributed by atoms with Crippen LogP contribution in [0.25, 0.3) is 44.2 Å². The number of amides is 1. The second-order valence-electron chi connectivity index (χ2n) is 11.2. The number of nitrogens with one attached hydrogen (secondary N) is 1. The Labute approximate surface area is 240 Å². The smallest absolute Gasteiger partial charge is 0.408 e. The zero-order valence-corrected chi connectivity index (χ0v) is 23.9. The number of alkyl carbamates (subject to hydrolysis) is 1. The van der Waals surface area contributed by atoms with Gasteiger partial charge < -0.3 is 19.2 Å². The number of carbonyl (C=O) groups excluding carboxylic acids is 2. The van der Waals surface area contributed by atoms with E-state index < -0.39 is 23.7 Å². The summed E-state index contributed by atoms with van der Waals surface area (Å²) in [6.07, 6.45) is 1.30.